The van der Waals surface area contributed by atoms with Crippen molar-refractivity contribution >= 4 is 17.5 Å². The van der Waals surface area contributed by atoms with Crippen LogP contribution in [0.3, 0.4) is 0 Å². The molecule has 2 heterocycles. The number of nitrogens with zero attached hydrogens (tertiary/aromatic N) is 4. The van der Waals surface area contributed by atoms with Gasteiger partial charge in [-0.1, -0.05) is 23.7 Å². The van der Waals surface area contributed by atoms with Crippen LogP contribution in [0.25, 0.3) is 0 Å². The van der Waals surface area contributed by atoms with Crippen LogP contribution < -0.4 is 0 Å². The van der Waals surface area contributed by atoms with Crippen molar-refractivity contribution in [3.8, 4) is 0 Å². The van der Waals surface area contributed by atoms with Crippen LogP contribution in [0.5, 0.6) is 0 Å². The molecule has 3 rings (SSSR count). The number of piperidine rings is 1. The summed E-state index contributed by atoms with van der Waals surface area (Å²) in [6, 6.07) is 7.23. The molecule has 1 saturated heterocycles. The monoisotopic (exact) mass is 336 g/mol. The zero-order valence-electron chi connectivity index (χ0n) is 12.9. The van der Waals surface area contributed by atoms with Gasteiger partial charge in [0, 0.05) is 31.6 Å². The standard InChI is InChI=1S/C16H18ClFN4O/c1-21-11-19-14(20-21)15(23)22-8-6-16(18,7-9-22)10-12-2-4-13(17)5-3-12/h2-5,11H,6-10H2,1H3. The minimum atomic E-state index is -1.29. The summed E-state index contributed by atoms with van der Waals surface area (Å²) < 4.78 is 16.5. The molecule has 1 amide bonds. The first kappa shape index (κ1) is 15.9. The van der Waals surface area contributed by atoms with Gasteiger partial charge in [0.05, 0.1) is 0 Å². The smallest absolute Gasteiger partial charge is 0.293 e. The minimum absolute atomic E-state index is 0.163. The molecule has 1 aliphatic rings. The minimum Gasteiger partial charge on any atom is -0.336 e. The van der Waals surface area contributed by atoms with Gasteiger partial charge >= 0.3 is 0 Å². The molecule has 1 aromatic carbocycles. The molecule has 5 nitrogen and oxygen atoms in total. The van der Waals surface area contributed by atoms with Crippen molar-refractivity contribution in [1.29, 1.82) is 0 Å². The summed E-state index contributed by atoms with van der Waals surface area (Å²) in [6.07, 6.45) is 2.45. The summed E-state index contributed by atoms with van der Waals surface area (Å²) in [5, 5.41) is 4.65. The Morgan fingerprint density at radius 2 is 1.96 bits per heavy atom. The maximum Gasteiger partial charge on any atom is 0.293 e. The number of alkyl halides is 1. The highest BCUT2D eigenvalue weighted by atomic mass is 35.5. The molecule has 122 valence electrons. The van der Waals surface area contributed by atoms with Gasteiger partial charge in [-0.15, -0.1) is 5.10 Å². The largest absolute Gasteiger partial charge is 0.336 e. The van der Waals surface area contributed by atoms with Crippen molar-refractivity contribution in [3.63, 3.8) is 0 Å². The van der Waals surface area contributed by atoms with Gasteiger partial charge in [0.25, 0.3) is 5.91 Å². The van der Waals surface area contributed by atoms with E-state index in [1.54, 1.807) is 24.1 Å². The topological polar surface area (TPSA) is 51.0 Å². The fraction of sp³-hybridized carbons (Fsp3) is 0.438. The second-order valence-corrected chi connectivity index (χ2v) is 6.42. The molecule has 0 saturated carbocycles. The van der Waals surface area contributed by atoms with Gasteiger partial charge in [0.15, 0.2) is 0 Å². The fourth-order valence-electron chi connectivity index (χ4n) is 2.83. The summed E-state index contributed by atoms with van der Waals surface area (Å²) in [5.41, 5.74) is -0.370. The third kappa shape index (κ3) is 3.69. The van der Waals surface area contributed by atoms with E-state index in [4.69, 9.17) is 11.6 Å². The molecule has 2 aromatic rings. The van der Waals surface area contributed by atoms with Crippen LogP contribution >= 0.6 is 11.6 Å². The van der Waals surface area contributed by atoms with Crippen LogP contribution in [0.15, 0.2) is 30.6 Å². The summed E-state index contributed by atoms with van der Waals surface area (Å²) >= 11 is 5.85. The Morgan fingerprint density at radius 3 is 2.52 bits per heavy atom. The molecule has 0 unspecified atom stereocenters. The fourth-order valence-corrected chi connectivity index (χ4v) is 2.96. The predicted octanol–water partition coefficient (Wildman–Crippen LogP) is 2.66. The van der Waals surface area contributed by atoms with E-state index in [0.717, 1.165) is 5.56 Å². The molecule has 1 aromatic heterocycles. The van der Waals surface area contributed by atoms with Gasteiger partial charge in [0.1, 0.15) is 12.0 Å². The highest BCUT2D eigenvalue weighted by molar-refractivity contribution is 6.30. The molecule has 0 aliphatic carbocycles. The van der Waals surface area contributed by atoms with Crippen LogP contribution in [0.4, 0.5) is 4.39 Å². The van der Waals surface area contributed by atoms with Crippen molar-refractivity contribution < 1.29 is 9.18 Å². The van der Waals surface area contributed by atoms with Crippen molar-refractivity contribution in [3.05, 3.63) is 47.0 Å². The maximum atomic E-state index is 15.0. The molecule has 0 radical (unpaired) electrons. The zero-order chi connectivity index (χ0) is 16.4. The van der Waals surface area contributed by atoms with Crippen LogP contribution in [0.1, 0.15) is 29.0 Å². The average molecular weight is 337 g/mol. The molecule has 0 bridgehead atoms. The van der Waals surface area contributed by atoms with Crippen molar-refractivity contribution in [2.24, 2.45) is 7.05 Å². The molecule has 1 aliphatic heterocycles. The Morgan fingerprint density at radius 1 is 1.30 bits per heavy atom. The first-order valence-corrected chi connectivity index (χ1v) is 7.91. The van der Waals surface area contributed by atoms with Crippen molar-refractivity contribution in [1.82, 2.24) is 19.7 Å². The molecule has 0 N–H and O–H groups in total. The van der Waals surface area contributed by atoms with E-state index in [1.165, 1.54) is 11.0 Å². The summed E-state index contributed by atoms with van der Waals surface area (Å²) in [6.45, 7) is 0.752. The van der Waals surface area contributed by atoms with Crippen LogP contribution in [0.2, 0.25) is 5.02 Å². The number of hydrogen-bond acceptors (Lipinski definition) is 3. The average Bonchev–Trinajstić information content (AvgIpc) is 2.96. The number of rotatable bonds is 3. The lowest BCUT2D eigenvalue weighted by Crippen LogP contribution is -2.45. The maximum absolute atomic E-state index is 15.0. The number of hydrogen-bond donors (Lipinski definition) is 0. The van der Waals surface area contributed by atoms with Crippen molar-refractivity contribution in [2.45, 2.75) is 24.9 Å². The Hall–Kier alpha value is -1.95. The number of halogens is 2. The molecular formula is C16H18ClFN4O. The van der Waals surface area contributed by atoms with Gasteiger partial charge in [0.2, 0.25) is 5.82 Å². The van der Waals surface area contributed by atoms with Gasteiger partial charge in [-0.3, -0.25) is 9.48 Å². The number of amides is 1. The lowest BCUT2D eigenvalue weighted by atomic mass is 9.87. The normalized spacial score (nSPS) is 17.3. The number of likely N-dealkylation sites (tertiary alicyclic amines) is 1. The van der Waals surface area contributed by atoms with E-state index < -0.39 is 5.67 Å². The summed E-state index contributed by atoms with van der Waals surface area (Å²) in [5.74, 6) is -0.0734. The lowest BCUT2D eigenvalue weighted by Gasteiger charge is -2.36. The van der Waals surface area contributed by atoms with Gasteiger partial charge < -0.3 is 4.90 Å². The number of aromatic nitrogens is 3. The third-order valence-electron chi connectivity index (χ3n) is 4.17. The molecular weight excluding hydrogens is 319 g/mol. The highest BCUT2D eigenvalue weighted by Gasteiger charge is 2.36. The quantitative estimate of drug-likeness (QED) is 0.866. The van der Waals surface area contributed by atoms with E-state index in [-0.39, 0.29) is 11.7 Å². The van der Waals surface area contributed by atoms with Crippen LogP contribution in [-0.2, 0) is 13.5 Å². The van der Waals surface area contributed by atoms with E-state index >= 15 is 0 Å². The summed E-state index contributed by atoms with van der Waals surface area (Å²) in [4.78, 5) is 17.8. The van der Waals surface area contributed by atoms with Gasteiger partial charge in [-0.25, -0.2) is 9.37 Å². The Balaban J connectivity index is 1.60. The van der Waals surface area contributed by atoms with E-state index in [0.29, 0.717) is 37.4 Å². The lowest BCUT2D eigenvalue weighted by molar-refractivity contribution is 0.0428. The second-order valence-electron chi connectivity index (χ2n) is 5.99. The Labute approximate surface area is 139 Å². The predicted molar refractivity (Wildman–Crippen MR) is 85.1 cm³/mol. The zero-order valence-corrected chi connectivity index (χ0v) is 13.6. The first-order chi connectivity index (χ1) is 11.0. The highest BCUT2D eigenvalue weighted by Crippen LogP contribution is 2.31. The molecule has 1 fully saturated rings. The van der Waals surface area contributed by atoms with E-state index in [9.17, 15) is 9.18 Å². The number of benzene rings is 1. The van der Waals surface area contributed by atoms with E-state index in [2.05, 4.69) is 10.1 Å². The third-order valence-corrected chi connectivity index (χ3v) is 4.42. The first-order valence-electron chi connectivity index (χ1n) is 7.53. The number of aryl methyl sites for hydroxylation is 1. The van der Waals surface area contributed by atoms with Crippen LogP contribution in [0, 0.1) is 0 Å². The van der Waals surface area contributed by atoms with Gasteiger partial charge in [-0.2, -0.15) is 0 Å². The Kier molecular flexibility index (Phi) is 4.35. The second kappa shape index (κ2) is 6.28. The molecule has 0 atom stereocenters. The van der Waals surface area contributed by atoms with Crippen molar-refractivity contribution in [2.75, 3.05) is 13.1 Å². The van der Waals surface area contributed by atoms with Gasteiger partial charge in [-0.05, 0) is 30.5 Å². The molecule has 7 heteroatoms. The number of carbonyl (C=O) groups excluding carboxylic acids is 1. The molecule has 0 spiro atoms. The van der Waals surface area contributed by atoms with E-state index in [1.807, 2.05) is 12.1 Å². The summed E-state index contributed by atoms with van der Waals surface area (Å²) in [7, 11) is 1.71. The SMILES string of the molecule is Cn1cnc(C(=O)N2CCC(F)(Cc3ccc(Cl)cc3)CC2)n1. The Bertz CT molecular complexity index is 692. The number of carbonyl (C=O) groups is 1. The molecule has 23 heavy (non-hydrogen) atoms. The van der Waals surface area contributed by atoms with Crippen LogP contribution in [-0.4, -0.2) is 44.3 Å².